The van der Waals surface area contributed by atoms with Gasteiger partial charge in [-0.05, 0) is 24.1 Å². The van der Waals surface area contributed by atoms with Crippen molar-refractivity contribution in [1.82, 2.24) is 0 Å². The van der Waals surface area contributed by atoms with Crippen molar-refractivity contribution in [1.29, 1.82) is 0 Å². The van der Waals surface area contributed by atoms with E-state index < -0.39 is 5.92 Å². The molecule has 0 amide bonds. The minimum Gasteiger partial charge on any atom is -0.461 e. The molecule has 0 spiro atoms. The van der Waals surface area contributed by atoms with Crippen LogP contribution in [0.25, 0.3) is 11.1 Å². The highest BCUT2D eigenvalue weighted by Gasteiger charge is 2.18. The molecule has 0 bridgehead atoms. The fourth-order valence-electron chi connectivity index (χ4n) is 2.05. The summed E-state index contributed by atoms with van der Waals surface area (Å²) in [6, 6.07) is 14.1. The zero-order valence-electron chi connectivity index (χ0n) is 11.9. The van der Waals surface area contributed by atoms with Gasteiger partial charge in [0.05, 0.1) is 5.92 Å². The average Bonchev–Trinajstić information content (AvgIpc) is 2.52. The highest BCUT2D eigenvalue weighted by atomic mass is 19.1. The number of carbonyl (C=O) groups excluding carboxylic acids is 1. The first kappa shape index (κ1) is 15.0. The highest BCUT2D eigenvalue weighted by Crippen LogP contribution is 2.26. The molecule has 21 heavy (non-hydrogen) atoms. The molecule has 2 aromatic carbocycles. The maximum Gasteiger partial charge on any atom is 0.313 e. The lowest BCUT2D eigenvalue weighted by Gasteiger charge is -2.12. The van der Waals surface area contributed by atoms with Crippen LogP contribution in [0, 0.1) is 5.82 Å². The molecule has 0 fully saturated rings. The van der Waals surface area contributed by atoms with Gasteiger partial charge in [0, 0.05) is 5.56 Å². The predicted octanol–water partition coefficient (Wildman–Crippen LogP) is 4.33. The van der Waals surface area contributed by atoms with E-state index in [9.17, 15) is 9.18 Å². The van der Waals surface area contributed by atoms with Gasteiger partial charge in [-0.15, -0.1) is 0 Å². The van der Waals surface area contributed by atoms with E-state index in [0.717, 1.165) is 5.56 Å². The van der Waals surface area contributed by atoms with E-state index in [4.69, 9.17) is 4.74 Å². The average molecular weight is 284 g/mol. The van der Waals surface area contributed by atoms with Crippen LogP contribution in [0.15, 0.2) is 61.2 Å². The largest absolute Gasteiger partial charge is 0.461 e. The molecule has 2 aromatic rings. The van der Waals surface area contributed by atoms with Crippen molar-refractivity contribution in [2.45, 2.75) is 12.8 Å². The van der Waals surface area contributed by atoms with Crippen LogP contribution in [-0.4, -0.2) is 12.6 Å². The molecule has 108 valence electrons. The molecule has 0 aliphatic rings. The standard InChI is InChI=1S/C18H17FO2/c1-3-11-21-18(20)13(2)15-9-10-16(17(19)12-15)14-7-5-4-6-8-14/h3-10,12-13H,1,11H2,2H3. The van der Waals surface area contributed by atoms with Gasteiger partial charge in [0.2, 0.25) is 0 Å². The van der Waals surface area contributed by atoms with Crippen LogP contribution < -0.4 is 0 Å². The Morgan fingerprint density at radius 1 is 1.29 bits per heavy atom. The van der Waals surface area contributed by atoms with Gasteiger partial charge in [-0.1, -0.05) is 55.1 Å². The van der Waals surface area contributed by atoms with Crippen LogP contribution in [0.1, 0.15) is 18.4 Å². The zero-order valence-corrected chi connectivity index (χ0v) is 11.9. The lowest BCUT2D eigenvalue weighted by molar-refractivity contribution is -0.143. The summed E-state index contributed by atoms with van der Waals surface area (Å²) in [5, 5.41) is 0. The number of benzene rings is 2. The summed E-state index contributed by atoms with van der Waals surface area (Å²) in [5.41, 5.74) is 1.93. The SMILES string of the molecule is C=CCOC(=O)C(C)c1ccc(-c2ccccc2)c(F)c1. The van der Waals surface area contributed by atoms with Crippen molar-refractivity contribution in [3.8, 4) is 11.1 Å². The minimum atomic E-state index is -0.510. The van der Waals surface area contributed by atoms with Gasteiger partial charge in [0.15, 0.2) is 0 Å². The topological polar surface area (TPSA) is 26.3 Å². The fourth-order valence-corrected chi connectivity index (χ4v) is 2.05. The Morgan fingerprint density at radius 2 is 2.00 bits per heavy atom. The third-order valence-corrected chi connectivity index (χ3v) is 3.27. The second-order valence-electron chi connectivity index (χ2n) is 4.75. The van der Waals surface area contributed by atoms with E-state index in [-0.39, 0.29) is 18.4 Å². The number of carbonyl (C=O) groups is 1. The van der Waals surface area contributed by atoms with E-state index >= 15 is 0 Å². The monoisotopic (exact) mass is 284 g/mol. The molecule has 1 unspecified atom stereocenters. The Kier molecular flexibility index (Phi) is 4.88. The molecule has 3 heteroatoms. The van der Waals surface area contributed by atoms with Crippen LogP contribution in [-0.2, 0) is 9.53 Å². The Balaban J connectivity index is 2.23. The van der Waals surface area contributed by atoms with Gasteiger partial charge in [-0.25, -0.2) is 4.39 Å². The van der Waals surface area contributed by atoms with E-state index in [1.54, 1.807) is 19.1 Å². The van der Waals surface area contributed by atoms with Crippen molar-refractivity contribution in [3.05, 3.63) is 72.6 Å². The van der Waals surface area contributed by atoms with Gasteiger partial charge in [0.25, 0.3) is 0 Å². The Morgan fingerprint density at radius 3 is 2.62 bits per heavy atom. The molecule has 0 saturated heterocycles. The van der Waals surface area contributed by atoms with Gasteiger partial charge >= 0.3 is 5.97 Å². The van der Waals surface area contributed by atoms with Crippen LogP contribution in [0.4, 0.5) is 4.39 Å². The first-order valence-electron chi connectivity index (χ1n) is 6.76. The normalized spacial score (nSPS) is 11.7. The summed E-state index contributed by atoms with van der Waals surface area (Å²) in [7, 11) is 0. The summed E-state index contributed by atoms with van der Waals surface area (Å²) in [6.07, 6.45) is 1.50. The molecule has 0 saturated carbocycles. The lowest BCUT2D eigenvalue weighted by Crippen LogP contribution is -2.13. The van der Waals surface area contributed by atoms with Crippen molar-refractivity contribution < 1.29 is 13.9 Å². The van der Waals surface area contributed by atoms with Gasteiger partial charge in [-0.2, -0.15) is 0 Å². The van der Waals surface area contributed by atoms with Crippen molar-refractivity contribution >= 4 is 5.97 Å². The number of hydrogen-bond donors (Lipinski definition) is 0. The minimum absolute atomic E-state index is 0.160. The van der Waals surface area contributed by atoms with Crippen molar-refractivity contribution in [2.24, 2.45) is 0 Å². The van der Waals surface area contributed by atoms with E-state index in [1.165, 1.54) is 12.1 Å². The van der Waals surface area contributed by atoms with E-state index in [0.29, 0.717) is 11.1 Å². The molecular formula is C18H17FO2. The molecule has 0 N–H and O–H groups in total. The number of esters is 1. The van der Waals surface area contributed by atoms with Gasteiger partial charge in [0.1, 0.15) is 12.4 Å². The van der Waals surface area contributed by atoms with E-state index in [2.05, 4.69) is 6.58 Å². The molecular weight excluding hydrogens is 267 g/mol. The highest BCUT2D eigenvalue weighted by molar-refractivity contribution is 5.78. The molecule has 0 aliphatic heterocycles. The quantitative estimate of drug-likeness (QED) is 0.603. The zero-order chi connectivity index (χ0) is 15.2. The number of halogens is 1. The van der Waals surface area contributed by atoms with Crippen LogP contribution in [0.2, 0.25) is 0 Å². The van der Waals surface area contributed by atoms with Crippen molar-refractivity contribution in [3.63, 3.8) is 0 Å². The van der Waals surface area contributed by atoms with Crippen LogP contribution in [0.5, 0.6) is 0 Å². The van der Waals surface area contributed by atoms with E-state index in [1.807, 2.05) is 30.3 Å². The molecule has 2 nitrogen and oxygen atoms in total. The predicted molar refractivity (Wildman–Crippen MR) is 81.4 cm³/mol. The summed E-state index contributed by atoms with van der Waals surface area (Å²) >= 11 is 0. The maximum absolute atomic E-state index is 14.2. The first-order chi connectivity index (χ1) is 10.1. The third kappa shape index (κ3) is 3.57. The van der Waals surface area contributed by atoms with Crippen LogP contribution >= 0.6 is 0 Å². The molecule has 0 radical (unpaired) electrons. The second kappa shape index (κ2) is 6.84. The number of ether oxygens (including phenoxy) is 1. The summed E-state index contributed by atoms with van der Waals surface area (Å²) in [4.78, 5) is 11.8. The molecule has 2 rings (SSSR count). The fraction of sp³-hybridized carbons (Fsp3) is 0.167. The number of hydrogen-bond acceptors (Lipinski definition) is 2. The Hall–Kier alpha value is -2.42. The first-order valence-corrected chi connectivity index (χ1v) is 6.76. The smallest absolute Gasteiger partial charge is 0.313 e. The second-order valence-corrected chi connectivity index (χ2v) is 4.75. The van der Waals surface area contributed by atoms with Crippen molar-refractivity contribution in [2.75, 3.05) is 6.61 Å². The third-order valence-electron chi connectivity index (χ3n) is 3.27. The summed E-state index contributed by atoms with van der Waals surface area (Å²) < 4.78 is 19.2. The van der Waals surface area contributed by atoms with Gasteiger partial charge in [-0.3, -0.25) is 4.79 Å². The number of rotatable bonds is 5. The molecule has 0 aliphatic carbocycles. The molecule has 1 atom stereocenters. The Bertz CT molecular complexity index is 635. The summed E-state index contributed by atoms with van der Waals surface area (Å²) in [6.45, 7) is 5.34. The van der Waals surface area contributed by atoms with Gasteiger partial charge < -0.3 is 4.74 Å². The van der Waals surface area contributed by atoms with Crippen LogP contribution in [0.3, 0.4) is 0 Å². The summed E-state index contributed by atoms with van der Waals surface area (Å²) in [5.74, 6) is -1.24. The Labute approximate surface area is 123 Å². The molecule has 0 heterocycles. The lowest BCUT2D eigenvalue weighted by atomic mass is 9.97. The maximum atomic E-state index is 14.2. The molecule has 0 aromatic heterocycles.